The zero-order chi connectivity index (χ0) is 13.8. The summed E-state index contributed by atoms with van der Waals surface area (Å²) in [6, 6.07) is 3.52. The average Bonchev–Trinajstić information content (AvgIpc) is 2.37. The van der Waals surface area contributed by atoms with Gasteiger partial charge in [-0.1, -0.05) is 30.9 Å². The van der Waals surface area contributed by atoms with E-state index in [1.54, 1.807) is 12.1 Å². The summed E-state index contributed by atoms with van der Waals surface area (Å²) in [6.45, 7) is 1.92. The number of nitrogens with two attached hydrogens (primary N) is 1. The number of carbonyl (C=O) groups excluding carboxylic acids is 1. The van der Waals surface area contributed by atoms with Crippen molar-refractivity contribution in [1.29, 1.82) is 0 Å². The van der Waals surface area contributed by atoms with Crippen LogP contribution in [-0.4, -0.2) is 5.91 Å². The van der Waals surface area contributed by atoms with Crippen LogP contribution in [0, 0.1) is 12.8 Å². The molecule has 1 saturated carbocycles. The molecule has 0 aliphatic heterocycles. The van der Waals surface area contributed by atoms with Gasteiger partial charge in [-0.3, -0.25) is 4.79 Å². The van der Waals surface area contributed by atoms with Crippen LogP contribution in [0.3, 0.4) is 0 Å². The normalized spacial score (nSPS) is 16.3. The second-order valence-corrected chi connectivity index (χ2v) is 5.85. The number of carbonyl (C=O) groups is 1. The Morgan fingerprint density at radius 1 is 1.37 bits per heavy atom. The van der Waals surface area contributed by atoms with Gasteiger partial charge in [0.05, 0.1) is 10.7 Å². The maximum absolute atomic E-state index is 12.0. The van der Waals surface area contributed by atoms with E-state index in [2.05, 4.69) is 5.32 Å². The van der Waals surface area contributed by atoms with Crippen molar-refractivity contribution in [2.24, 2.45) is 5.92 Å². The molecular weight excluding hydrogens is 260 g/mol. The molecule has 0 aromatic heterocycles. The van der Waals surface area contributed by atoms with Crippen molar-refractivity contribution < 1.29 is 4.79 Å². The number of nitrogen functional groups attached to an aromatic ring is 1. The molecule has 0 atom stereocenters. The highest BCUT2D eigenvalue weighted by Gasteiger charge is 2.17. The zero-order valence-corrected chi connectivity index (χ0v) is 12.1. The summed E-state index contributed by atoms with van der Waals surface area (Å²) in [7, 11) is 0. The van der Waals surface area contributed by atoms with E-state index in [4.69, 9.17) is 17.3 Å². The van der Waals surface area contributed by atoms with Gasteiger partial charge in [0.1, 0.15) is 0 Å². The minimum atomic E-state index is 0.0795. The number of hydrogen-bond acceptors (Lipinski definition) is 2. The summed E-state index contributed by atoms with van der Waals surface area (Å²) in [5.41, 5.74) is 7.98. The van der Waals surface area contributed by atoms with Gasteiger partial charge in [-0.25, -0.2) is 0 Å². The molecule has 104 valence electrons. The van der Waals surface area contributed by atoms with E-state index in [1.807, 2.05) is 6.92 Å². The van der Waals surface area contributed by atoms with Crippen molar-refractivity contribution in [3.63, 3.8) is 0 Å². The molecule has 3 nitrogen and oxygen atoms in total. The molecule has 0 unspecified atom stereocenters. The number of nitrogens with one attached hydrogen (secondary N) is 1. The highest BCUT2D eigenvalue weighted by molar-refractivity contribution is 6.33. The Balaban J connectivity index is 1.96. The van der Waals surface area contributed by atoms with Crippen LogP contribution in [-0.2, 0) is 4.79 Å². The first-order chi connectivity index (χ1) is 9.06. The quantitative estimate of drug-likeness (QED) is 0.818. The fourth-order valence-electron chi connectivity index (χ4n) is 2.69. The molecule has 1 aromatic carbocycles. The van der Waals surface area contributed by atoms with Crippen LogP contribution < -0.4 is 11.1 Å². The third kappa shape index (κ3) is 3.87. The molecule has 3 N–H and O–H groups in total. The van der Waals surface area contributed by atoms with E-state index >= 15 is 0 Å². The molecule has 19 heavy (non-hydrogen) atoms. The van der Waals surface area contributed by atoms with Gasteiger partial charge >= 0.3 is 0 Å². The van der Waals surface area contributed by atoms with Crippen LogP contribution in [0.4, 0.5) is 11.4 Å². The van der Waals surface area contributed by atoms with Crippen molar-refractivity contribution in [1.82, 2.24) is 0 Å². The topological polar surface area (TPSA) is 55.1 Å². The number of hydrogen-bond donors (Lipinski definition) is 2. The number of rotatable bonds is 3. The first kappa shape index (κ1) is 14.2. The summed E-state index contributed by atoms with van der Waals surface area (Å²) in [6.07, 6.45) is 6.78. The van der Waals surface area contributed by atoms with Gasteiger partial charge in [0.15, 0.2) is 0 Å². The van der Waals surface area contributed by atoms with E-state index in [-0.39, 0.29) is 5.91 Å². The number of halogens is 1. The molecular formula is C15H21ClN2O. The SMILES string of the molecule is Cc1cc(N)c(Cl)cc1NC(=O)CC1CCCCC1. The van der Waals surface area contributed by atoms with Gasteiger partial charge in [-0.2, -0.15) is 0 Å². The van der Waals surface area contributed by atoms with Crippen LogP contribution in [0.5, 0.6) is 0 Å². The van der Waals surface area contributed by atoms with Gasteiger partial charge < -0.3 is 11.1 Å². The van der Waals surface area contributed by atoms with E-state index in [9.17, 15) is 4.79 Å². The summed E-state index contributed by atoms with van der Waals surface area (Å²) < 4.78 is 0. The van der Waals surface area contributed by atoms with Crippen LogP contribution >= 0.6 is 11.6 Å². The molecule has 1 amide bonds. The Bertz CT molecular complexity index is 467. The van der Waals surface area contributed by atoms with E-state index in [0.29, 0.717) is 23.0 Å². The lowest BCUT2D eigenvalue weighted by Gasteiger charge is -2.21. The molecule has 0 heterocycles. The number of aryl methyl sites for hydroxylation is 1. The van der Waals surface area contributed by atoms with Crippen molar-refractivity contribution in [3.05, 3.63) is 22.7 Å². The predicted molar refractivity (Wildman–Crippen MR) is 80.4 cm³/mol. The Kier molecular flexibility index (Phi) is 4.70. The smallest absolute Gasteiger partial charge is 0.224 e. The lowest BCUT2D eigenvalue weighted by Crippen LogP contribution is -2.18. The zero-order valence-electron chi connectivity index (χ0n) is 11.3. The van der Waals surface area contributed by atoms with Gasteiger partial charge in [-0.15, -0.1) is 0 Å². The van der Waals surface area contributed by atoms with Gasteiger partial charge in [0, 0.05) is 12.1 Å². The first-order valence-electron chi connectivity index (χ1n) is 6.91. The fourth-order valence-corrected chi connectivity index (χ4v) is 2.86. The molecule has 0 saturated heterocycles. The Hall–Kier alpha value is -1.22. The number of amides is 1. The Labute approximate surface area is 119 Å². The largest absolute Gasteiger partial charge is 0.398 e. The molecule has 4 heteroatoms. The molecule has 0 spiro atoms. The minimum Gasteiger partial charge on any atom is -0.398 e. The fraction of sp³-hybridized carbons (Fsp3) is 0.533. The lowest BCUT2D eigenvalue weighted by molar-refractivity contribution is -0.117. The van der Waals surface area contributed by atoms with Crippen molar-refractivity contribution in [2.75, 3.05) is 11.1 Å². The van der Waals surface area contributed by atoms with Gasteiger partial charge in [0.25, 0.3) is 0 Å². The second kappa shape index (κ2) is 6.29. The molecule has 1 aliphatic rings. The molecule has 1 aliphatic carbocycles. The lowest BCUT2D eigenvalue weighted by atomic mass is 9.87. The summed E-state index contributed by atoms with van der Waals surface area (Å²) in [5, 5.41) is 3.43. The van der Waals surface area contributed by atoms with Crippen LogP contribution in [0.25, 0.3) is 0 Å². The maximum Gasteiger partial charge on any atom is 0.224 e. The molecule has 2 rings (SSSR count). The van der Waals surface area contributed by atoms with E-state index in [1.165, 1.54) is 32.1 Å². The Morgan fingerprint density at radius 3 is 2.74 bits per heavy atom. The average molecular weight is 281 g/mol. The standard InChI is InChI=1S/C15H21ClN2O/c1-10-7-13(17)12(16)9-14(10)18-15(19)8-11-5-3-2-4-6-11/h7,9,11H,2-6,8,17H2,1H3,(H,18,19). The van der Waals surface area contributed by atoms with Crippen molar-refractivity contribution in [3.8, 4) is 0 Å². The molecule has 0 bridgehead atoms. The molecule has 1 fully saturated rings. The second-order valence-electron chi connectivity index (χ2n) is 5.44. The highest BCUT2D eigenvalue weighted by atomic mass is 35.5. The van der Waals surface area contributed by atoms with Crippen molar-refractivity contribution >= 4 is 28.9 Å². The third-order valence-corrected chi connectivity index (χ3v) is 4.14. The summed E-state index contributed by atoms with van der Waals surface area (Å²) in [5.74, 6) is 0.620. The van der Waals surface area contributed by atoms with Crippen LogP contribution in [0.15, 0.2) is 12.1 Å². The van der Waals surface area contributed by atoms with E-state index < -0.39 is 0 Å². The maximum atomic E-state index is 12.0. The molecule has 0 radical (unpaired) electrons. The van der Waals surface area contributed by atoms with E-state index in [0.717, 1.165) is 11.3 Å². The highest BCUT2D eigenvalue weighted by Crippen LogP contribution is 2.29. The first-order valence-corrected chi connectivity index (χ1v) is 7.29. The number of anilines is 2. The Morgan fingerprint density at radius 2 is 2.05 bits per heavy atom. The number of benzene rings is 1. The predicted octanol–water partition coefficient (Wildman–Crippen LogP) is 4.14. The third-order valence-electron chi connectivity index (χ3n) is 3.82. The minimum absolute atomic E-state index is 0.0795. The molecule has 1 aromatic rings. The monoisotopic (exact) mass is 280 g/mol. The van der Waals surface area contributed by atoms with Crippen LogP contribution in [0.2, 0.25) is 5.02 Å². The summed E-state index contributed by atoms with van der Waals surface area (Å²) in [4.78, 5) is 12.0. The van der Waals surface area contributed by atoms with Gasteiger partial charge in [0.2, 0.25) is 5.91 Å². The van der Waals surface area contributed by atoms with Gasteiger partial charge in [-0.05, 0) is 43.4 Å². The summed E-state index contributed by atoms with van der Waals surface area (Å²) >= 11 is 5.98. The van der Waals surface area contributed by atoms with Crippen molar-refractivity contribution in [2.45, 2.75) is 45.4 Å². The van der Waals surface area contributed by atoms with Crippen LogP contribution in [0.1, 0.15) is 44.1 Å².